The molecule has 3 aromatic carbocycles. The minimum Gasteiger partial charge on any atom is -0.507 e. The first-order valence-corrected chi connectivity index (χ1v) is 12.5. The SMILES string of the molecule is Cc1ccc(S(=O)(=O)C(c2ccccc2)c2cc(C(C)(C)C)c(O)c(C(C)(C)C)c2)cc1. The zero-order valence-electron chi connectivity index (χ0n) is 20.1. The number of aryl methyl sites for hydroxylation is 1. The summed E-state index contributed by atoms with van der Waals surface area (Å²) < 4.78 is 28.0. The standard InChI is InChI=1S/C28H34O3S/c1-19-13-15-22(16-14-19)32(30,31)26(20-11-9-8-10-12-20)21-17-23(27(2,3)4)25(29)24(18-21)28(5,6)7/h8-18,26,29H,1-7H3. The van der Waals surface area contributed by atoms with Gasteiger partial charge < -0.3 is 5.11 Å². The van der Waals surface area contributed by atoms with Crippen molar-refractivity contribution in [2.45, 2.75) is 69.4 Å². The van der Waals surface area contributed by atoms with Crippen LogP contribution < -0.4 is 0 Å². The van der Waals surface area contributed by atoms with Crippen molar-refractivity contribution in [2.24, 2.45) is 0 Å². The quantitative estimate of drug-likeness (QED) is 0.472. The van der Waals surface area contributed by atoms with Gasteiger partial charge in [0.1, 0.15) is 11.0 Å². The lowest BCUT2D eigenvalue weighted by Crippen LogP contribution is -2.21. The van der Waals surface area contributed by atoms with Crippen LogP contribution in [0, 0.1) is 6.92 Å². The monoisotopic (exact) mass is 450 g/mol. The summed E-state index contributed by atoms with van der Waals surface area (Å²) in [6.45, 7) is 14.1. The zero-order chi connectivity index (χ0) is 23.9. The molecule has 0 aliphatic rings. The third-order valence-electron chi connectivity index (χ3n) is 5.81. The Bertz CT molecular complexity index is 1160. The summed E-state index contributed by atoms with van der Waals surface area (Å²) in [7, 11) is -3.74. The molecule has 1 N–H and O–H groups in total. The Morgan fingerprint density at radius 1 is 0.719 bits per heavy atom. The van der Waals surface area contributed by atoms with E-state index in [9.17, 15) is 13.5 Å². The van der Waals surface area contributed by atoms with E-state index < -0.39 is 15.1 Å². The number of hydrogen-bond acceptors (Lipinski definition) is 3. The number of phenols is 1. The highest BCUT2D eigenvalue weighted by molar-refractivity contribution is 7.91. The summed E-state index contributed by atoms with van der Waals surface area (Å²) >= 11 is 0. The third kappa shape index (κ3) is 4.75. The summed E-state index contributed by atoms with van der Waals surface area (Å²) in [5, 5.41) is 10.3. The number of rotatable bonds is 4. The lowest BCUT2D eigenvalue weighted by Gasteiger charge is -2.30. The van der Waals surface area contributed by atoms with Gasteiger partial charge in [-0.05, 0) is 64.3 Å². The molecule has 0 spiro atoms. The summed E-state index contributed by atoms with van der Waals surface area (Å²) in [4.78, 5) is 0.291. The molecule has 4 heteroatoms. The molecule has 0 aromatic heterocycles. The average Bonchev–Trinajstić information content (AvgIpc) is 2.68. The maximum absolute atomic E-state index is 14.0. The number of sulfone groups is 1. The molecule has 3 nitrogen and oxygen atoms in total. The second-order valence-electron chi connectivity index (χ2n) is 10.6. The number of aromatic hydroxyl groups is 1. The van der Waals surface area contributed by atoms with Crippen molar-refractivity contribution in [3.05, 3.63) is 94.5 Å². The van der Waals surface area contributed by atoms with Crippen molar-refractivity contribution in [1.82, 2.24) is 0 Å². The molecule has 0 radical (unpaired) electrons. The molecule has 3 rings (SSSR count). The van der Waals surface area contributed by atoms with Gasteiger partial charge in [0, 0.05) is 0 Å². The minimum absolute atomic E-state index is 0.244. The van der Waals surface area contributed by atoms with Gasteiger partial charge in [0.15, 0.2) is 9.84 Å². The first-order chi connectivity index (χ1) is 14.7. The molecular formula is C28H34O3S. The van der Waals surface area contributed by atoms with Gasteiger partial charge in [-0.15, -0.1) is 0 Å². The number of benzene rings is 3. The molecular weight excluding hydrogens is 416 g/mol. The van der Waals surface area contributed by atoms with E-state index >= 15 is 0 Å². The van der Waals surface area contributed by atoms with Crippen LogP contribution in [0.1, 0.15) is 74.6 Å². The van der Waals surface area contributed by atoms with Gasteiger partial charge >= 0.3 is 0 Å². The molecule has 0 amide bonds. The maximum atomic E-state index is 14.0. The second-order valence-corrected chi connectivity index (χ2v) is 12.6. The lowest BCUT2D eigenvalue weighted by atomic mass is 9.78. The fourth-order valence-corrected chi connectivity index (χ4v) is 5.79. The van der Waals surface area contributed by atoms with E-state index in [0.717, 1.165) is 16.7 Å². The van der Waals surface area contributed by atoms with E-state index in [1.165, 1.54) is 0 Å². The molecule has 1 atom stereocenters. The van der Waals surface area contributed by atoms with Gasteiger partial charge in [0.2, 0.25) is 0 Å². The Morgan fingerprint density at radius 2 is 1.19 bits per heavy atom. The highest BCUT2D eigenvalue weighted by atomic mass is 32.2. The average molecular weight is 451 g/mol. The summed E-state index contributed by atoms with van der Waals surface area (Å²) in [6.07, 6.45) is 0. The lowest BCUT2D eigenvalue weighted by molar-refractivity contribution is 0.422. The summed E-state index contributed by atoms with van der Waals surface area (Å²) in [6, 6.07) is 20.1. The van der Waals surface area contributed by atoms with E-state index in [-0.39, 0.29) is 16.6 Å². The van der Waals surface area contributed by atoms with Crippen molar-refractivity contribution in [3.63, 3.8) is 0 Å². The predicted octanol–water partition coefficient (Wildman–Crippen LogP) is 6.86. The molecule has 0 heterocycles. The molecule has 0 aliphatic carbocycles. The molecule has 1 unspecified atom stereocenters. The first-order valence-electron chi connectivity index (χ1n) is 11.0. The van der Waals surface area contributed by atoms with Gasteiger partial charge in [0.25, 0.3) is 0 Å². The Morgan fingerprint density at radius 3 is 1.62 bits per heavy atom. The van der Waals surface area contributed by atoms with Gasteiger partial charge in [-0.2, -0.15) is 0 Å². The van der Waals surface area contributed by atoms with Crippen LogP contribution in [0.15, 0.2) is 71.6 Å². The molecule has 0 saturated heterocycles. The molecule has 32 heavy (non-hydrogen) atoms. The molecule has 0 saturated carbocycles. The number of phenolic OH excluding ortho intramolecular Hbond substituents is 1. The Labute approximate surface area is 193 Å². The summed E-state index contributed by atoms with van der Waals surface area (Å²) in [5.41, 5.74) is 3.18. The van der Waals surface area contributed by atoms with Crippen molar-refractivity contribution in [1.29, 1.82) is 0 Å². The largest absolute Gasteiger partial charge is 0.507 e. The van der Waals surface area contributed by atoms with Crippen molar-refractivity contribution in [3.8, 4) is 5.75 Å². The fourth-order valence-electron chi connectivity index (χ4n) is 3.99. The van der Waals surface area contributed by atoms with Crippen LogP contribution in [0.2, 0.25) is 0 Å². The van der Waals surface area contributed by atoms with Crippen LogP contribution >= 0.6 is 0 Å². The zero-order valence-corrected chi connectivity index (χ0v) is 20.9. The first kappa shape index (κ1) is 24.1. The van der Waals surface area contributed by atoms with E-state index in [0.29, 0.717) is 16.0 Å². The van der Waals surface area contributed by atoms with E-state index in [1.807, 2.05) is 103 Å². The van der Waals surface area contributed by atoms with Crippen LogP contribution in [-0.4, -0.2) is 13.5 Å². The van der Waals surface area contributed by atoms with E-state index in [2.05, 4.69) is 0 Å². The van der Waals surface area contributed by atoms with E-state index in [1.54, 1.807) is 12.1 Å². The van der Waals surface area contributed by atoms with Gasteiger partial charge in [0.05, 0.1) is 4.90 Å². The van der Waals surface area contributed by atoms with Gasteiger partial charge in [-0.25, -0.2) is 8.42 Å². The molecule has 3 aromatic rings. The fraction of sp³-hybridized carbons (Fsp3) is 0.357. The van der Waals surface area contributed by atoms with Crippen LogP contribution in [0.5, 0.6) is 5.75 Å². The van der Waals surface area contributed by atoms with Crippen molar-refractivity contribution < 1.29 is 13.5 Å². The van der Waals surface area contributed by atoms with Gasteiger partial charge in [-0.3, -0.25) is 0 Å². The smallest absolute Gasteiger partial charge is 0.189 e. The molecule has 0 bridgehead atoms. The number of hydrogen-bond donors (Lipinski definition) is 1. The highest BCUT2D eigenvalue weighted by Gasteiger charge is 2.34. The van der Waals surface area contributed by atoms with Gasteiger partial charge in [-0.1, -0.05) is 89.6 Å². The molecule has 0 fully saturated rings. The Kier molecular flexibility index (Phi) is 6.32. The van der Waals surface area contributed by atoms with Crippen molar-refractivity contribution in [2.75, 3.05) is 0 Å². The van der Waals surface area contributed by atoms with Crippen molar-refractivity contribution >= 4 is 9.84 Å². The Hall–Kier alpha value is -2.59. The molecule has 0 aliphatic heterocycles. The minimum atomic E-state index is -3.74. The molecule has 170 valence electrons. The normalized spacial score (nSPS) is 13.7. The Balaban J connectivity index is 2.37. The van der Waals surface area contributed by atoms with E-state index in [4.69, 9.17) is 0 Å². The summed E-state index contributed by atoms with van der Waals surface area (Å²) in [5.74, 6) is 0.244. The van der Waals surface area contributed by atoms with Crippen LogP contribution in [0.3, 0.4) is 0 Å². The second kappa shape index (κ2) is 8.40. The van der Waals surface area contributed by atoms with Crippen LogP contribution in [-0.2, 0) is 20.7 Å². The maximum Gasteiger partial charge on any atom is 0.189 e. The van der Waals surface area contributed by atoms with Crippen LogP contribution in [0.25, 0.3) is 0 Å². The predicted molar refractivity (Wildman–Crippen MR) is 132 cm³/mol. The third-order valence-corrected chi connectivity index (χ3v) is 7.91. The van der Waals surface area contributed by atoms with Crippen LogP contribution in [0.4, 0.5) is 0 Å². The topological polar surface area (TPSA) is 54.4 Å². The highest BCUT2D eigenvalue weighted by Crippen LogP contribution is 2.44.